The second-order valence-electron chi connectivity index (χ2n) is 5.13. The van der Waals surface area contributed by atoms with Crippen molar-refractivity contribution in [2.75, 3.05) is 33.4 Å². The van der Waals surface area contributed by atoms with E-state index < -0.39 is 5.97 Å². The van der Waals surface area contributed by atoms with E-state index in [1.165, 1.54) is 6.20 Å². The van der Waals surface area contributed by atoms with Crippen molar-refractivity contribution < 1.29 is 24.2 Å². The van der Waals surface area contributed by atoms with Crippen LogP contribution >= 0.6 is 0 Å². The van der Waals surface area contributed by atoms with Gasteiger partial charge in [-0.05, 0) is 18.9 Å². The summed E-state index contributed by atoms with van der Waals surface area (Å²) >= 11 is 0. The molecule has 1 aliphatic heterocycles. The minimum absolute atomic E-state index is 0.122. The van der Waals surface area contributed by atoms with Gasteiger partial charge in [-0.15, -0.1) is 0 Å². The third-order valence-electron chi connectivity index (χ3n) is 3.65. The highest BCUT2D eigenvalue weighted by molar-refractivity contribution is 5.94. The minimum atomic E-state index is -0.787. The number of likely N-dealkylation sites (tertiary alicyclic amines) is 1. The molecule has 1 aromatic heterocycles. The van der Waals surface area contributed by atoms with E-state index in [-0.39, 0.29) is 11.8 Å². The molecule has 1 amide bonds. The maximum Gasteiger partial charge on any atom is 0.306 e. The quantitative estimate of drug-likeness (QED) is 0.790. The summed E-state index contributed by atoms with van der Waals surface area (Å²) < 4.78 is 10.3. The van der Waals surface area contributed by atoms with E-state index in [1.54, 1.807) is 24.1 Å². The predicted molar refractivity (Wildman–Crippen MR) is 77.9 cm³/mol. The fourth-order valence-electron chi connectivity index (χ4n) is 2.36. The Kier molecular flexibility index (Phi) is 5.71. The van der Waals surface area contributed by atoms with Gasteiger partial charge in [0.2, 0.25) is 5.88 Å². The molecule has 0 saturated carbocycles. The molecule has 7 nitrogen and oxygen atoms in total. The summed E-state index contributed by atoms with van der Waals surface area (Å²) in [6, 6.07) is 3.23. The third kappa shape index (κ3) is 4.17. The van der Waals surface area contributed by atoms with Crippen molar-refractivity contribution in [3.05, 3.63) is 23.9 Å². The van der Waals surface area contributed by atoms with Gasteiger partial charge in [0.15, 0.2) is 0 Å². The van der Waals surface area contributed by atoms with Crippen molar-refractivity contribution >= 4 is 11.9 Å². The van der Waals surface area contributed by atoms with Crippen LogP contribution in [0.2, 0.25) is 0 Å². The lowest BCUT2D eigenvalue weighted by molar-refractivity contribution is -0.143. The van der Waals surface area contributed by atoms with Gasteiger partial charge in [-0.2, -0.15) is 0 Å². The SMILES string of the molecule is COCCOc1cc(C(=O)N2CCC(C(=O)O)CC2)ccn1. The lowest BCUT2D eigenvalue weighted by Crippen LogP contribution is -2.40. The van der Waals surface area contributed by atoms with E-state index in [2.05, 4.69) is 4.98 Å². The van der Waals surface area contributed by atoms with E-state index in [4.69, 9.17) is 14.6 Å². The first-order chi connectivity index (χ1) is 10.6. The Morgan fingerprint density at radius 1 is 1.36 bits per heavy atom. The van der Waals surface area contributed by atoms with Gasteiger partial charge in [-0.25, -0.2) is 4.98 Å². The van der Waals surface area contributed by atoms with Crippen LogP contribution in [0.4, 0.5) is 0 Å². The number of hydrogen-bond donors (Lipinski definition) is 1. The Morgan fingerprint density at radius 3 is 2.73 bits per heavy atom. The summed E-state index contributed by atoms with van der Waals surface area (Å²) in [6.45, 7) is 1.73. The first kappa shape index (κ1) is 16.2. The lowest BCUT2D eigenvalue weighted by Gasteiger charge is -2.30. The summed E-state index contributed by atoms with van der Waals surface area (Å²) in [7, 11) is 1.58. The predicted octanol–water partition coefficient (Wildman–Crippen LogP) is 1.04. The number of aliphatic carboxylic acids is 1. The van der Waals surface area contributed by atoms with Crippen LogP contribution in [-0.2, 0) is 9.53 Å². The molecular formula is C15H20N2O5. The zero-order chi connectivity index (χ0) is 15.9. The number of aromatic nitrogens is 1. The van der Waals surface area contributed by atoms with Gasteiger partial charge < -0.3 is 19.5 Å². The highest BCUT2D eigenvalue weighted by Gasteiger charge is 2.27. The Hall–Kier alpha value is -2.15. The second kappa shape index (κ2) is 7.74. The van der Waals surface area contributed by atoms with Crippen molar-refractivity contribution in [1.82, 2.24) is 9.88 Å². The molecule has 0 unspecified atom stereocenters. The topological polar surface area (TPSA) is 89.0 Å². The molecule has 22 heavy (non-hydrogen) atoms. The molecule has 1 aliphatic rings. The second-order valence-corrected chi connectivity index (χ2v) is 5.13. The zero-order valence-corrected chi connectivity index (χ0v) is 12.5. The van der Waals surface area contributed by atoms with Crippen LogP contribution in [0.1, 0.15) is 23.2 Å². The summed E-state index contributed by atoms with van der Waals surface area (Å²) in [5, 5.41) is 8.98. The minimum Gasteiger partial charge on any atom is -0.481 e. The summed E-state index contributed by atoms with van der Waals surface area (Å²) in [4.78, 5) is 29.1. The monoisotopic (exact) mass is 308 g/mol. The first-order valence-electron chi connectivity index (χ1n) is 7.21. The van der Waals surface area contributed by atoms with Crippen LogP contribution in [-0.4, -0.2) is 60.3 Å². The van der Waals surface area contributed by atoms with Crippen molar-refractivity contribution in [2.24, 2.45) is 5.92 Å². The molecule has 7 heteroatoms. The molecule has 0 aliphatic carbocycles. The molecule has 0 radical (unpaired) electrons. The number of hydrogen-bond acceptors (Lipinski definition) is 5. The van der Waals surface area contributed by atoms with Crippen molar-refractivity contribution in [1.29, 1.82) is 0 Å². The van der Waals surface area contributed by atoms with Gasteiger partial charge in [-0.1, -0.05) is 0 Å². The standard InChI is InChI=1S/C15H20N2O5/c1-21-8-9-22-13-10-12(2-5-16-13)14(18)17-6-3-11(4-7-17)15(19)20/h2,5,10-11H,3-4,6-9H2,1H3,(H,19,20). The fourth-order valence-corrected chi connectivity index (χ4v) is 2.36. The smallest absolute Gasteiger partial charge is 0.306 e. The Morgan fingerprint density at radius 2 is 2.09 bits per heavy atom. The first-order valence-corrected chi connectivity index (χ1v) is 7.21. The third-order valence-corrected chi connectivity index (χ3v) is 3.65. The van der Waals surface area contributed by atoms with Crippen LogP contribution in [0, 0.1) is 5.92 Å². The van der Waals surface area contributed by atoms with Crippen LogP contribution in [0.5, 0.6) is 5.88 Å². The van der Waals surface area contributed by atoms with Crippen LogP contribution in [0.25, 0.3) is 0 Å². The van der Waals surface area contributed by atoms with Crippen molar-refractivity contribution in [2.45, 2.75) is 12.8 Å². The number of rotatable bonds is 6. The zero-order valence-electron chi connectivity index (χ0n) is 12.5. The number of ether oxygens (including phenoxy) is 2. The maximum absolute atomic E-state index is 12.4. The number of amides is 1. The van der Waals surface area contributed by atoms with Gasteiger partial charge in [0, 0.05) is 38.0 Å². The van der Waals surface area contributed by atoms with Crippen molar-refractivity contribution in [3.63, 3.8) is 0 Å². The molecule has 0 spiro atoms. The number of carbonyl (C=O) groups is 2. The fraction of sp³-hybridized carbons (Fsp3) is 0.533. The summed E-state index contributed by atoms with van der Waals surface area (Å²) in [6.07, 6.45) is 2.51. The molecule has 0 aromatic carbocycles. The molecule has 1 fully saturated rings. The Balaban J connectivity index is 1.95. The highest BCUT2D eigenvalue weighted by atomic mass is 16.5. The number of methoxy groups -OCH3 is 1. The lowest BCUT2D eigenvalue weighted by atomic mass is 9.97. The molecule has 1 saturated heterocycles. The molecule has 1 N–H and O–H groups in total. The molecule has 2 rings (SSSR count). The number of carboxylic acids is 1. The largest absolute Gasteiger partial charge is 0.481 e. The van der Waals surface area contributed by atoms with Gasteiger partial charge in [0.05, 0.1) is 12.5 Å². The van der Waals surface area contributed by atoms with Gasteiger partial charge in [0.25, 0.3) is 5.91 Å². The van der Waals surface area contributed by atoms with E-state index >= 15 is 0 Å². The summed E-state index contributed by atoms with van der Waals surface area (Å²) in [5.41, 5.74) is 0.496. The van der Waals surface area contributed by atoms with Crippen molar-refractivity contribution in [3.8, 4) is 5.88 Å². The van der Waals surface area contributed by atoms with Gasteiger partial charge >= 0.3 is 5.97 Å². The number of carboxylic acid groups (broad SMARTS) is 1. The number of pyridine rings is 1. The Bertz CT molecular complexity index is 526. The van der Waals surface area contributed by atoms with E-state index in [1.807, 2.05) is 0 Å². The van der Waals surface area contributed by atoms with E-state index in [9.17, 15) is 9.59 Å². The van der Waals surface area contributed by atoms with E-state index in [0.29, 0.717) is 50.6 Å². The Labute approximate surface area is 128 Å². The number of nitrogens with zero attached hydrogens (tertiary/aromatic N) is 2. The summed E-state index contributed by atoms with van der Waals surface area (Å²) in [5.74, 6) is -0.884. The molecule has 0 bridgehead atoms. The van der Waals surface area contributed by atoms with Gasteiger partial charge in [0.1, 0.15) is 6.61 Å². The van der Waals surface area contributed by atoms with Gasteiger partial charge in [-0.3, -0.25) is 9.59 Å². The average Bonchev–Trinajstić information content (AvgIpc) is 2.55. The van der Waals surface area contributed by atoms with Crippen LogP contribution in [0.3, 0.4) is 0 Å². The van der Waals surface area contributed by atoms with E-state index in [0.717, 1.165) is 0 Å². The maximum atomic E-state index is 12.4. The van der Waals surface area contributed by atoms with Crippen LogP contribution in [0.15, 0.2) is 18.3 Å². The molecule has 120 valence electrons. The average molecular weight is 308 g/mol. The normalized spacial score (nSPS) is 15.6. The number of carbonyl (C=O) groups excluding carboxylic acids is 1. The molecular weight excluding hydrogens is 288 g/mol. The molecule has 0 atom stereocenters. The molecule has 1 aromatic rings. The van der Waals surface area contributed by atoms with Crippen LogP contribution < -0.4 is 4.74 Å². The highest BCUT2D eigenvalue weighted by Crippen LogP contribution is 2.20. The molecule has 2 heterocycles. The number of piperidine rings is 1.